The standard InChI is InChI=1S/C23H30F2N4O3/c1-26-23(27-12-15-10-20(31-2)22(30)21(11-15)32-3)28-16-6-5-9-29(13-16)14-17-18(24)7-4-8-19(17)25/h4,7-8,10-11,16,30H,5-6,9,12-14H2,1-3H3,(H2,26,27,28). The summed E-state index contributed by atoms with van der Waals surface area (Å²) in [4.78, 5) is 6.33. The molecule has 9 heteroatoms. The number of ether oxygens (including phenoxy) is 2. The van der Waals surface area contributed by atoms with Crippen LogP contribution in [0.3, 0.4) is 0 Å². The van der Waals surface area contributed by atoms with E-state index in [1.165, 1.54) is 32.4 Å². The summed E-state index contributed by atoms with van der Waals surface area (Å²) in [6.45, 7) is 2.10. The van der Waals surface area contributed by atoms with Crippen molar-refractivity contribution in [2.75, 3.05) is 34.4 Å². The number of guanidine groups is 1. The molecule has 1 saturated heterocycles. The van der Waals surface area contributed by atoms with Gasteiger partial charge in [0.15, 0.2) is 17.5 Å². The first-order valence-corrected chi connectivity index (χ1v) is 10.5. The molecular formula is C23H30F2N4O3. The molecule has 1 aliphatic heterocycles. The van der Waals surface area contributed by atoms with Gasteiger partial charge >= 0.3 is 0 Å². The maximum atomic E-state index is 14.0. The van der Waals surface area contributed by atoms with Crippen molar-refractivity contribution in [1.82, 2.24) is 15.5 Å². The predicted octanol–water partition coefficient (Wildman–Crippen LogP) is 3.02. The summed E-state index contributed by atoms with van der Waals surface area (Å²) in [6, 6.07) is 7.50. The molecular weight excluding hydrogens is 418 g/mol. The van der Waals surface area contributed by atoms with E-state index < -0.39 is 11.6 Å². The van der Waals surface area contributed by atoms with Gasteiger partial charge in [0.05, 0.1) is 14.2 Å². The second-order valence-electron chi connectivity index (χ2n) is 7.69. The second-order valence-corrected chi connectivity index (χ2v) is 7.69. The molecule has 174 valence electrons. The highest BCUT2D eigenvalue weighted by molar-refractivity contribution is 5.80. The Hall–Kier alpha value is -3.07. The second kappa shape index (κ2) is 11.0. The molecule has 3 N–H and O–H groups in total. The Bertz CT molecular complexity index is 910. The van der Waals surface area contributed by atoms with Gasteiger partial charge in [-0.15, -0.1) is 0 Å². The van der Waals surface area contributed by atoms with E-state index in [0.717, 1.165) is 24.9 Å². The molecule has 32 heavy (non-hydrogen) atoms. The number of nitrogens with zero attached hydrogens (tertiary/aromatic N) is 2. The van der Waals surface area contributed by atoms with E-state index in [0.29, 0.717) is 30.5 Å². The average Bonchev–Trinajstić information content (AvgIpc) is 2.80. The van der Waals surface area contributed by atoms with E-state index in [-0.39, 0.29) is 23.9 Å². The van der Waals surface area contributed by atoms with Crippen LogP contribution in [0.15, 0.2) is 35.3 Å². The van der Waals surface area contributed by atoms with E-state index in [9.17, 15) is 13.9 Å². The molecule has 7 nitrogen and oxygen atoms in total. The van der Waals surface area contributed by atoms with Crippen LogP contribution in [0.2, 0.25) is 0 Å². The van der Waals surface area contributed by atoms with Gasteiger partial charge in [0.25, 0.3) is 0 Å². The lowest BCUT2D eigenvalue weighted by molar-refractivity contribution is 0.188. The van der Waals surface area contributed by atoms with E-state index in [4.69, 9.17) is 9.47 Å². The number of nitrogens with one attached hydrogen (secondary N) is 2. The number of phenolic OH excluding ortho intramolecular Hbond substituents is 1. The largest absolute Gasteiger partial charge is 0.502 e. The minimum atomic E-state index is -0.516. The molecule has 3 rings (SSSR count). The van der Waals surface area contributed by atoms with Crippen molar-refractivity contribution in [3.05, 3.63) is 53.1 Å². The average molecular weight is 449 g/mol. The van der Waals surface area contributed by atoms with Crippen molar-refractivity contribution in [3.8, 4) is 17.2 Å². The molecule has 1 fully saturated rings. The van der Waals surface area contributed by atoms with Gasteiger partial charge in [-0.2, -0.15) is 0 Å². The van der Waals surface area contributed by atoms with Crippen LogP contribution in [0.5, 0.6) is 17.2 Å². The monoisotopic (exact) mass is 448 g/mol. The number of likely N-dealkylation sites (tertiary alicyclic amines) is 1. The summed E-state index contributed by atoms with van der Waals surface area (Å²) in [5.74, 6) is 0.184. The van der Waals surface area contributed by atoms with Crippen LogP contribution in [0.25, 0.3) is 0 Å². The minimum absolute atomic E-state index is 0.0464. The van der Waals surface area contributed by atoms with Gasteiger partial charge in [-0.1, -0.05) is 6.07 Å². The fourth-order valence-electron chi connectivity index (χ4n) is 3.85. The van der Waals surface area contributed by atoms with Crippen LogP contribution in [-0.4, -0.2) is 56.4 Å². The topological polar surface area (TPSA) is 78.4 Å². The lowest BCUT2D eigenvalue weighted by Gasteiger charge is -2.34. The van der Waals surface area contributed by atoms with Crippen LogP contribution in [0.1, 0.15) is 24.0 Å². The molecule has 0 aromatic heterocycles. The Labute approximate surface area is 187 Å². The molecule has 0 bridgehead atoms. The van der Waals surface area contributed by atoms with Gasteiger partial charge in [0.1, 0.15) is 11.6 Å². The fraction of sp³-hybridized carbons (Fsp3) is 0.435. The number of hydrogen-bond acceptors (Lipinski definition) is 5. The van der Waals surface area contributed by atoms with Crippen molar-refractivity contribution < 1.29 is 23.4 Å². The first-order valence-electron chi connectivity index (χ1n) is 10.5. The molecule has 1 unspecified atom stereocenters. The minimum Gasteiger partial charge on any atom is -0.502 e. The molecule has 1 heterocycles. The predicted molar refractivity (Wildman–Crippen MR) is 119 cm³/mol. The number of hydrogen-bond donors (Lipinski definition) is 3. The smallest absolute Gasteiger partial charge is 0.200 e. The SMILES string of the molecule is CN=C(NCc1cc(OC)c(O)c(OC)c1)NC1CCCN(Cc2c(F)cccc2F)C1. The third kappa shape index (κ3) is 5.79. The number of aliphatic imine (C=N–C) groups is 1. The highest BCUT2D eigenvalue weighted by atomic mass is 19.1. The summed E-state index contributed by atoms with van der Waals surface area (Å²) in [6.07, 6.45) is 1.84. The van der Waals surface area contributed by atoms with Crippen LogP contribution >= 0.6 is 0 Å². The lowest BCUT2D eigenvalue weighted by atomic mass is 10.0. The maximum absolute atomic E-state index is 14.0. The number of piperidine rings is 1. The van der Waals surface area contributed by atoms with Crippen molar-refractivity contribution in [2.24, 2.45) is 4.99 Å². The first kappa shape index (κ1) is 23.6. The van der Waals surface area contributed by atoms with Gasteiger partial charge in [-0.05, 0) is 49.2 Å². The first-order chi connectivity index (χ1) is 15.4. The molecule has 2 aromatic carbocycles. The highest BCUT2D eigenvalue weighted by Gasteiger charge is 2.23. The third-order valence-electron chi connectivity index (χ3n) is 5.51. The lowest BCUT2D eigenvalue weighted by Crippen LogP contribution is -2.50. The molecule has 2 aromatic rings. The van der Waals surface area contributed by atoms with E-state index in [1.807, 2.05) is 4.90 Å². The summed E-state index contributed by atoms with van der Waals surface area (Å²) in [5.41, 5.74) is 0.950. The Kier molecular flexibility index (Phi) is 8.10. The Balaban J connectivity index is 1.59. The zero-order valence-electron chi connectivity index (χ0n) is 18.6. The van der Waals surface area contributed by atoms with Crippen molar-refractivity contribution in [3.63, 3.8) is 0 Å². The Morgan fingerprint density at radius 2 is 1.84 bits per heavy atom. The van der Waals surface area contributed by atoms with Gasteiger partial charge in [-0.25, -0.2) is 8.78 Å². The molecule has 1 atom stereocenters. The Morgan fingerprint density at radius 1 is 1.19 bits per heavy atom. The molecule has 0 aliphatic carbocycles. The highest BCUT2D eigenvalue weighted by Crippen LogP contribution is 2.37. The zero-order valence-corrected chi connectivity index (χ0v) is 18.6. The van der Waals surface area contributed by atoms with Crippen LogP contribution < -0.4 is 20.1 Å². The van der Waals surface area contributed by atoms with Gasteiger partial charge < -0.3 is 25.2 Å². The normalized spacial score (nSPS) is 17.2. The van der Waals surface area contributed by atoms with E-state index >= 15 is 0 Å². The molecule has 0 saturated carbocycles. The molecule has 0 amide bonds. The number of phenols is 1. The van der Waals surface area contributed by atoms with E-state index in [1.54, 1.807) is 19.2 Å². The third-order valence-corrected chi connectivity index (χ3v) is 5.51. The zero-order chi connectivity index (χ0) is 23.1. The maximum Gasteiger partial charge on any atom is 0.200 e. The van der Waals surface area contributed by atoms with Crippen molar-refractivity contribution in [2.45, 2.75) is 32.0 Å². The van der Waals surface area contributed by atoms with Gasteiger partial charge in [-0.3, -0.25) is 9.89 Å². The molecule has 0 radical (unpaired) electrons. The number of benzene rings is 2. The quantitative estimate of drug-likeness (QED) is 0.447. The van der Waals surface area contributed by atoms with Gasteiger partial charge in [0.2, 0.25) is 5.75 Å². The summed E-state index contributed by atoms with van der Waals surface area (Å²) in [5, 5.41) is 16.7. The van der Waals surface area contributed by atoms with Crippen molar-refractivity contribution >= 4 is 5.96 Å². The van der Waals surface area contributed by atoms with Gasteiger partial charge in [0, 0.05) is 38.3 Å². The van der Waals surface area contributed by atoms with Crippen LogP contribution in [0, 0.1) is 11.6 Å². The molecule has 0 spiro atoms. The molecule has 1 aliphatic rings. The number of aromatic hydroxyl groups is 1. The fourth-order valence-corrected chi connectivity index (χ4v) is 3.85. The summed E-state index contributed by atoms with van der Waals surface area (Å²) in [7, 11) is 4.64. The van der Waals surface area contributed by atoms with Crippen LogP contribution in [0.4, 0.5) is 8.78 Å². The van der Waals surface area contributed by atoms with Crippen molar-refractivity contribution in [1.29, 1.82) is 0 Å². The number of halogens is 2. The Morgan fingerprint density at radius 3 is 2.44 bits per heavy atom. The summed E-state index contributed by atoms with van der Waals surface area (Å²) >= 11 is 0. The summed E-state index contributed by atoms with van der Waals surface area (Å²) < 4.78 is 38.4. The van der Waals surface area contributed by atoms with E-state index in [2.05, 4.69) is 15.6 Å². The van der Waals surface area contributed by atoms with Crippen LogP contribution in [-0.2, 0) is 13.1 Å². The number of methoxy groups -OCH3 is 2. The number of rotatable bonds is 7.